The summed E-state index contributed by atoms with van der Waals surface area (Å²) in [7, 11) is 0. The van der Waals surface area contributed by atoms with Crippen LogP contribution in [0.5, 0.6) is 0 Å². The van der Waals surface area contributed by atoms with Gasteiger partial charge in [0, 0.05) is 18.0 Å². The maximum Gasteiger partial charge on any atom is 0.151 e. The average molecular weight is 210 g/mol. The van der Waals surface area contributed by atoms with Gasteiger partial charge in [-0.25, -0.2) is 9.67 Å². The van der Waals surface area contributed by atoms with Crippen LogP contribution < -0.4 is 0 Å². The fourth-order valence-electron chi connectivity index (χ4n) is 1.58. The predicted octanol–water partition coefficient (Wildman–Crippen LogP) is 2.26. The minimum absolute atomic E-state index is 0.853. The molecule has 2 aromatic heterocycles. The van der Waals surface area contributed by atoms with E-state index in [4.69, 9.17) is 0 Å². The molecule has 0 unspecified atom stereocenters. The van der Waals surface area contributed by atoms with Crippen LogP contribution in [0, 0.1) is 0 Å². The summed E-state index contributed by atoms with van der Waals surface area (Å²) in [5, 5.41) is 4.14. The van der Waals surface area contributed by atoms with Crippen LogP contribution >= 0.6 is 0 Å². The summed E-state index contributed by atoms with van der Waals surface area (Å²) >= 11 is 0. The highest BCUT2D eigenvalue weighted by molar-refractivity contribution is 5.55. The van der Waals surface area contributed by atoms with Crippen LogP contribution in [-0.2, 0) is 0 Å². The Morgan fingerprint density at radius 3 is 2.69 bits per heavy atom. The molecule has 1 aromatic carbocycles. The number of nitrogens with zero attached hydrogens (tertiary/aromatic N) is 3. The normalized spacial score (nSPS) is 10.5. The Morgan fingerprint density at radius 2 is 1.94 bits per heavy atom. The maximum absolute atomic E-state index is 4.33. The van der Waals surface area contributed by atoms with E-state index in [1.54, 1.807) is 17.1 Å². The van der Waals surface area contributed by atoms with Crippen molar-refractivity contribution in [2.45, 2.75) is 0 Å². The fraction of sp³-hybridized carbons (Fsp3) is 0. The zero-order valence-corrected chi connectivity index (χ0v) is 8.54. The molecule has 1 N–H and O–H groups in total. The molecule has 0 saturated carbocycles. The van der Waals surface area contributed by atoms with Crippen molar-refractivity contribution >= 4 is 0 Å². The molecular weight excluding hydrogens is 200 g/mol. The van der Waals surface area contributed by atoms with Crippen LogP contribution in [0.3, 0.4) is 0 Å². The number of nitrogens with one attached hydrogen (secondary N) is 1. The molecule has 4 heteroatoms. The zero-order chi connectivity index (χ0) is 10.8. The van der Waals surface area contributed by atoms with E-state index in [2.05, 4.69) is 15.1 Å². The van der Waals surface area contributed by atoms with Crippen LogP contribution in [-0.4, -0.2) is 19.7 Å². The van der Waals surface area contributed by atoms with Crippen LogP contribution in [0.25, 0.3) is 17.2 Å². The topological polar surface area (TPSA) is 46.5 Å². The van der Waals surface area contributed by atoms with E-state index in [1.165, 1.54) is 0 Å². The molecule has 78 valence electrons. The van der Waals surface area contributed by atoms with Crippen molar-refractivity contribution < 1.29 is 0 Å². The number of H-pyrrole nitrogens is 1. The molecule has 3 rings (SSSR count). The smallest absolute Gasteiger partial charge is 0.151 e. The Hall–Kier alpha value is -2.36. The van der Waals surface area contributed by atoms with Gasteiger partial charge in [0.1, 0.15) is 5.82 Å². The lowest BCUT2D eigenvalue weighted by Crippen LogP contribution is -1.93. The first-order chi connectivity index (χ1) is 7.93. The van der Waals surface area contributed by atoms with E-state index in [0.717, 1.165) is 17.2 Å². The SMILES string of the molecule is c1ccc(-c2ncc(-n3cccn3)[nH]2)cc1. The Balaban J connectivity index is 2.00. The van der Waals surface area contributed by atoms with Crippen molar-refractivity contribution in [3.05, 3.63) is 55.0 Å². The largest absolute Gasteiger partial charge is 0.323 e. The fourth-order valence-corrected chi connectivity index (χ4v) is 1.58. The van der Waals surface area contributed by atoms with Gasteiger partial charge in [0.05, 0.1) is 6.20 Å². The molecular formula is C12H10N4. The van der Waals surface area contributed by atoms with Gasteiger partial charge in [-0.2, -0.15) is 5.10 Å². The lowest BCUT2D eigenvalue weighted by atomic mass is 10.2. The van der Waals surface area contributed by atoms with Gasteiger partial charge in [0.2, 0.25) is 0 Å². The Kier molecular flexibility index (Phi) is 2.04. The van der Waals surface area contributed by atoms with Gasteiger partial charge in [-0.05, 0) is 6.07 Å². The van der Waals surface area contributed by atoms with E-state index in [9.17, 15) is 0 Å². The monoisotopic (exact) mass is 210 g/mol. The van der Waals surface area contributed by atoms with Crippen molar-refractivity contribution in [1.82, 2.24) is 19.7 Å². The molecule has 0 fully saturated rings. The van der Waals surface area contributed by atoms with E-state index in [1.807, 2.05) is 42.6 Å². The quantitative estimate of drug-likeness (QED) is 0.705. The van der Waals surface area contributed by atoms with E-state index >= 15 is 0 Å². The van der Waals surface area contributed by atoms with Crippen molar-refractivity contribution in [1.29, 1.82) is 0 Å². The first-order valence-electron chi connectivity index (χ1n) is 5.04. The van der Waals surface area contributed by atoms with Gasteiger partial charge in [0.15, 0.2) is 5.82 Å². The second-order valence-electron chi connectivity index (χ2n) is 3.43. The van der Waals surface area contributed by atoms with Gasteiger partial charge in [-0.15, -0.1) is 0 Å². The maximum atomic E-state index is 4.33. The van der Waals surface area contributed by atoms with Crippen LogP contribution in [0.15, 0.2) is 55.0 Å². The van der Waals surface area contributed by atoms with Crippen molar-refractivity contribution in [3.8, 4) is 17.2 Å². The molecule has 0 spiro atoms. The third kappa shape index (κ3) is 1.50. The summed E-state index contributed by atoms with van der Waals surface area (Å²) < 4.78 is 1.75. The Labute approximate surface area is 92.6 Å². The molecule has 0 radical (unpaired) electrons. The third-order valence-corrected chi connectivity index (χ3v) is 2.36. The van der Waals surface area contributed by atoms with Gasteiger partial charge < -0.3 is 4.98 Å². The summed E-state index contributed by atoms with van der Waals surface area (Å²) in [5.74, 6) is 1.72. The van der Waals surface area contributed by atoms with Crippen molar-refractivity contribution in [2.24, 2.45) is 0 Å². The molecule has 0 saturated heterocycles. The molecule has 0 aliphatic rings. The van der Waals surface area contributed by atoms with Crippen molar-refractivity contribution in [3.63, 3.8) is 0 Å². The first kappa shape index (κ1) is 8.91. The summed E-state index contributed by atoms with van der Waals surface area (Å²) in [4.78, 5) is 7.55. The number of imidazole rings is 1. The van der Waals surface area contributed by atoms with Crippen molar-refractivity contribution in [2.75, 3.05) is 0 Å². The van der Waals surface area contributed by atoms with Gasteiger partial charge in [-0.1, -0.05) is 30.3 Å². The standard InChI is InChI=1S/C12H10N4/c1-2-5-10(6-3-1)12-13-9-11(15-12)16-8-4-7-14-16/h1-9H,(H,13,15). The van der Waals surface area contributed by atoms with Crippen LogP contribution in [0.2, 0.25) is 0 Å². The lowest BCUT2D eigenvalue weighted by Gasteiger charge is -1.96. The van der Waals surface area contributed by atoms with E-state index < -0.39 is 0 Å². The van der Waals surface area contributed by atoms with Crippen LogP contribution in [0.1, 0.15) is 0 Å². The first-order valence-corrected chi connectivity index (χ1v) is 5.04. The van der Waals surface area contributed by atoms with Crippen LogP contribution in [0.4, 0.5) is 0 Å². The predicted molar refractivity (Wildman–Crippen MR) is 61.1 cm³/mol. The van der Waals surface area contributed by atoms with Gasteiger partial charge in [0.25, 0.3) is 0 Å². The zero-order valence-electron chi connectivity index (χ0n) is 8.54. The van der Waals surface area contributed by atoms with Gasteiger partial charge >= 0.3 is 0 Å². The molecule has 16 heavy (non-hydrogen) atoms. The number of rotatable bonds is 2. The number of hydrogen-bond donors (Lipinski definition) is 1. The third-order valence-electron chi connectivity index (χ3n) is 2.36. The Morgan fingerprint density at radius 1 is 1.06 bits per heavy atom. The lowest BCUT2D eigenvalue weighted by molar-refractivity contribution is 0.855. The second-order valence-corrected chi connectivity index (χ2v) is 3.43. The summed E-state index contributed by atoms with van der Waals surface area (Å²) in [6, 6.07) is 11.9. The molecule has 4 nitrogen and oxygen atoms in total. The van der Waals surface area contributed by atoms with E-state index in [-0.39, 0.29) is 0 Å². The molecule has 0 aliphatic heterocycles. The summed E-state index contributed by atoms with van der Waals surface area (Å²) in [6.07, 6.45) is 5.39. The number of aromatic amines is 1. The average Bonchev–Trinajstić information content (AvgIpc) is 3.01. The number of benzene rings is 1. The highest BCUT2D eigenvalue weighted by Gasteiger charge is 2.03. The molecule has 0 bridgehead atoms. The second kappa shape index (κ2) is 3.66. The summed E-state index contributed by atoms with van der Waals surface area (Å²) in [5.41, 5.74) is 1.07. The van der Waals surface area contributed by atoms with E-state index in [0.29, 0.717) is 0 Å². The number of aromatic nitrogens is 4. The summed E-state index contributed by atoms with van der Waals surface area (Å²) in [6.45, 7) is 0. The van der Waals surface area contributed by atoms with Gasteiger partial charge in [-0.3, -0.25) is 0 Å². The molecule has 3 aromatic rings. The highest BCUT2D eigenvalue weighted by Crippen LogP contribution is 2.15. The number of hydrogen-bond acceptors (Lipinski definition) is 2. The molecule has 0 aliphatic carbocycles. The minimum atomic E-state index is 0.853. The highest BCUT2D eigenvalue weighted by atomic mass is 15.3. The molecule has 2 heterocycles. The molecule has 0 amide bonds. The Bertz CT molecular complexity index is 566. The minimum Gasteiger partial charge on any atom is -0.323 e. The molecule has 0 atom stereocenters.